The van der Waals surface area contributed by atoms with Gasteiger partial charge in [0.05, 0.1) is 0 Å². The fourth-order valence-electron chi connectivity index (χ4n) is 1.69. The van der Waals surface area contributed by atoms with Crippen molar-refractivity contribution < 1.29 is 0 Å². The van der Waals surface area contributed by atoms with Crippen molar-refractivity contribution in [2.45, 2.75) is 12.8 Å². The normalized spacial score (nSPS) is 11.8. The summed E-state index contributed by atoms with van der Waals surface area (Å²) in [4.78, 5) is 0. The Morgan fingerprint density at radius 3 is 2.00 bits per heavy atom. The lowest BCUT2D eigenvalue weighted by molar-refractivity contribution is 1.01. The minimum absolute atomic E-state index is 0.185. The van der Waals surface area contributed by atoms with E-state index in [9.17, 15) is 0 Å². The standard InChI is InChI=1S/C16H14/c1-3-13(2)14-9-11-16(12-10-14)15-7-5-4-6-8-15/h1,4-13H,2H3. The molecule has 0 N–H and O–H groups in total. The molecule has 0 fully saturated rings. The lowest BCUT2D eigenvalue weighted by atomic mass is 9.98. The van der Waals surface area contributed by atoms with Gasteiger partial charge in [0.25, 0.3) is 0 Å². The van der Waals surface area contributed by atoms with Gasteiger partial charge in [-0.3, -0.25) is 0 Å². The van der Waals surface area contributed by atoms with Gasteiger partial charge in [0.1, 0.15) is 0 Å². The van der Waals surface area contributed by atoms with Crippen molar-refractivity contribution in [3.05, 3.63) is 60.2 Å². The highest BCUT2D eigenvalue weighted by Gasteiger charge is 2.01. The van der Waals surface area contributed by atoms with Gasteiger partial charge in [-0.1, -0.05) is 60.5 Å². The summed E-state index contributed by atoms with van der Waals surface area (Å²) in [5, 5.41) is 0. The summed E-state index contributed by atoms with van der Waals surface area (Å²) >= 11 is 0. The van der Waals surface area contributed by atoms with E-state index in [0.717, 1.165) is 0 Å². The number of terminal acetylenes is 1. The van der Waals surface area contributed by atoms with Crippen molar-refractivity contribution in [2.24, 2.45) is 0 Å². The van der Waals surface area contributed by atoms with Gasteiger partial charge in [0, 0.05) is 5.92 Å². The quantitative estimate of drug-likeness (QED) is 0.649. The van der Waals surface area contributed by atoms with Crippen LogP contribution in [0.1, 0.15) is 18.4 Å². The van der Waals surface area contributed by atoms with Gasteiger partial charge in [-0.25, -0.2) is 0 Å². The average molecular weight is 206 g/mol. The van der Waals surface area contributed by atoms with E-state index in [4.69, 9.17) is 6.42 Å². The average Bonchev–Trinajstić information content (AvgIpc) is 2.39. The molecule has 0 aliphatic heterocycles. The fraction of sp³-hybridized carbons (Fsp3) is 0.125. The molecule has 0 heteroatoms. The van der Waals surface area contributed by atoms with Gasteiger partial charge in [-0.05, 0) is 23.6 Å². The maximum Gasteiger partial charge on any atom is 0.0421 e. The Balaban J connectivity index is 2.31. The smallest absolute Gasteiger partial charge is 0.0421 e. The van der Waals surface area contributed by atoms with Gasteiger partial charge in [0.15, 0.2) is 0 Å². The zero-order valence-electron chi connectivity index (χ0n) is 9.35. The predicted molar refractivity (Wildman–Crippen MR) is 69.1 cm³/mol. The first-order chi connectivity index (χ1) is 7.81. The van der Waals surface area contributed by atoms with E-state index in [1.165, 1.54) is 16.7 Å². The van der Waals surface area contributed by atoms with Crippen molar-refractivity contribution in [1.82, 2.24) is 0 Å². The molecule has 0 aromatic heterocycles. The molecule has 0 aliphatic rings. The SMILES string of the molecule is C#CC(C)c1ccc(-c2ccccc2)cc1. The minimum atomic E-state index is 0.185. The second-order valence-corrected chi connectivity index (χ2v) is 3.88. The van der Waals surface area contributed by atoms with E-state index in [-0.39, 0.29) is 5.92 Å². The topological polar surface area (TPSA) is 0 Å². The van der Waals surface area contributed by atoms with Crippen LogP contribution in [0.5, 0.6) is 0 Å². The van der Waals surface area contributed by atoms with Crippen LogP contribution >= 0.6 is 0 Å². The van der Waals surface area contributed by atoms with Crippen LogP contribution in [0.15, 0.2) is 54.6 Å². The lowest BCUT2D eigenvalue weighted by Gasteiger charge is -2.06. The molecule has 0 bridgehead atoms. The number of rotatable bonds is 2. The Morgan fingerprint density at radius 1 is 0.875 bits per heavy atom. The van der Waals surface area contributed by atoms with Gasteiger partial charge < -0.3 is 0 Å². The molecular formula is C16H14. The highest BCUT2D eigenvalue weighted by Crippen LogP contribution is 2.22. The van der Waals surface area contributed by atoms with Crippen LogP contribution < -0.4 is 0 Å². The first kappa shape index (κ1) is 10.5. The summed E-state index contributed by atoms with van der Waals surface area (Å²) in [6.45, 7) is 2.04. The van der Waals surface area contributed by atoms with Crippen LogP contribution in [0.3, 0.4) is 0 Å². The first-order valence-electron chi connectivity index (χ1n) is 5.43. The van der Waals surface area contributed by atoms with Crippen LogP contribution in [0.25, 0.3) is 11.1 Å². The molecule has 2 aromatic carbocycles. The summed E-state index contributed by atoms with van der Waals surface area (Å²) in [5.74, 6) is 2.93. The van der Waals surface area contributed by atoms with Crippen molar-refractivity contribution in [3.8, 4) is 23.5 Å². The van der Waals surface area contributed by atoms with Crippen molar-refractivity contribution >= 4 is 0 Å². The van der Waals surface area contributed by atoms with Gasteiger partial charge in [-0.2, -0.15) is 0 Å². The summed E-state index contributed by atoms with van der Waals surface area (Å²) in [7, 11) is 0. The molecule has 0 saturated carbocycles. The number of hydrogen-bond acceptors (Lipinski definition) is 0. The summed E-state index contributed by atoms with van der Waals surface area (Å²) in [6.07, 6.45) is 5.40. The molecule has 78 valence electrons. The molecule has 0 nitrogen and oxygen atoms in total. The molecule has 0 heterocycles. The van der Waals surface area contributed by atoms with Crippen molar-refractivity contribution in [2.75, 3.05) is 0 Å². The molecular weight excluding hydrogens is 192 g/mol. The zero-order valence-corrected chi connectivity index (χ0v) is 9.35. The first-order valence-corrected chi connectivity index (χ1v) is 5.43. The highest BCUT2D eigenvalue weighted by molar-refractivity contribution is 5.63. The highest BCUT2D eigenvalue weighted by atomic mass is 14.1. The van der Waals surface area contributed by atoms with Crippen LogP contribution in [0, 0.1) is 12.3 Å². The van der Waals surface area contributed by atoms with E-state index in [1.807, 2.05) is 25.1 Å². The summed E-state index contributed by atoms with van der Waals surface area (Å²) < 4.78 is 0. The lowest BCUT2D eigenvalue weighted by Crippen LogP contribution is -1.88. The number of hydrogen-bond donors (Lipinski definition) is 0. The Bertz CT molecular complexity index is 486. The molecule has 0 amide bonds. The van der Waals surface area contributed by atoms with Crippen LogP contribution in [0.4, 0.5) is 0 Å². The fourth-order valence-corrected chi connectivity index (χ4v) is 1.69. The van der Waals surface area contributed by atoms with E-state index in [1.54, 1.807) is 0 Å². The minimum Gasteiger partial charge on any atom is -0.119 e. The van der Waals surface area contributed by atoms with Gasteiger partial charge >= 0.3 is 0 Å². The second-order valence-electron chi connectivity index (χ2n) is 3.88. The Morgan fingerprint density at radius 2 is 1.44 bits per heavy atom. The van der Waals surface area contributed by atoms with Crippen LogP contribution in [-0.2, 0) is 0 Å². The van der Waals surface area contributed by atoms with E-state index in [0.29, 0.717) is 0 Å². The third-order valence-electron chi connectivity index (χ3n) is 2.77. The van der Waals surface area contributed by atoms with Gasteiger partial charge in [0.2, 0.25) is 0 Å². The van der Waals surface area contributed by atoms with Gasteiger partial charge in [-0.15, -0.1) is 6.42 Å². The van der Waals surface area contributed by atoms with Crippen LogP contribution in [0.2, 0.25) is 0 Å². The largest absolute Gasteiger partial charge is 0.119 e. The molecule has 0 saturated heterocycles. The zero-order chi connectivity index (χ0) is 11.4. The third kappa shape index (κ3) is 2.15. The molecule has 0 radical (unpaired) electrons. The maximum atomic E-state index is 5.40. The van der Waals surface area contributed by atoms with E-state index >= 15 is 0 Å². The van der Waals surface area contributed by atoms with E-state index in [2.05, 4.69) is 42.3 Å². The molecule has 0 aliphatic carbocycles. The molecule has 0 spiro atoms. The van der Waals surface area contributed by atoms with Crippen molar-refractivity contribution in [1.29, 1.82) is 0 Å². The molecule has 16 heavy (non-hydrogen) atoms. The Labute approximate surface area is 96.9 Å². The monoisotopic (exact) mass is 206 g/mol. The summed E-state index contributed by atoms with van der Waals surface area (Å²) in [5.41, 5.74) is 3.66. The Kier molecular flexibility index (Phi) is 3.08. The number of benzene rings is 2. The molecule has 1 unspecified atom stereocenters. The van der Waals surface area contributed by atoms with Crippen molar-refractivity contribution in [3.63, 3.8) is 0 Å². The predicted octanol–water partition coefficient (Wildman–Crippen LogP) is 4.09. The molecule has 2 rings (SSSR count). The van der Waals surface area contributed by atoms with Crippen LogP contribution in [-0.4, -0.2) is 0 Å². The Hall–Kier alpha value is -2.00. The maximum absolute atomic E-state index is 5.40. The second kappa shape index (κ2) is 4.68. The molecule has 2 aromatic rings. The summed E-state index contributed by atoms with van der Waals surface area (Å²) in [6, 6.07) is 18.8. The van der Waals surface area contributed by atoms with E-state index < -0.39 is 0 Å². The third-order valence-corrected chi connectivity index (χ3v) is 2.77. The molecule has 1 atom stereocenters.